The van der Waals surface area contributed by atoms with Gasteiger partial charge in [0, 0.05) is 17.7 Å². The van der Waals surface area contributed by atoms with Crippen LogP contribution >= 0.6 is 23.2 Å². The molecule has 0 unspecified atom stereocenters. The fraction of sp³-hybridized carbons (Fsp3) is 0.556. The van der Waals surface area contributed by atoms with Crippen molar-refractivity contribution in [1.82, 2.24) is 0 Å². The first-order chi connectivity index (χ1) is 16.2. The first-order valence-corrected chi connectivity index (χ1v) is 13.2. The number of rotatable bonds is 14. The van der Waals surface area contributed by atoms with E-state index in [4.69, 9.17) is 28.9 Å². The number of halogens is 3. The summed E-state index contributed by atoms with van der Waals surface area (Å²) >= 11 is 11.1. The Hall–Kier alpha value is -1.53. The molecule has 0 bridgehead atoms. The van der Waals surface area contributed by atoms with E-state index in [9.17, 15) is 10.1 Å². The van der Waals surface area contributed by atoms with E-state index in [1.807, 2.05) is 0 Å². The van der Waals surface area contributed by atoms with Crippen LogP contribution in [-0.2, 0) is 6.54 Å². The molecule has 2 aromatic carbocycles. The second-order valence-corrected chi connectivity index (χ2v) is 10.4. The Balaban J connectivity index is 0.000000753. The Bertz CT molecular complexity index is 826. The van der Waals surface area contributed by atoms with E-state index in [0.717, 1.165) is 23.2 Å². The van der Waals surface area contributed by atoms with Crippen molar-refractivity contribution < 1.29 is 21.8 Å². The van der Waals surface area contributed by atoms with Crippen LogP contribution in [0.2, 0.25) is 10.0 Å². The topological polar surface area (TPSA) is 69.2 Å². The number of nitro benzene ring substituents is 1. The van der Waals surface area contributed by atoms with Crippen molar-refractivity contribution in [3.05, 3.63) is 68.2 Å². The van der Waals surface area contributed by atoms with E-state index in [1.165, 1.54) is 76.3 Å². The summed E-state index contributed by atoms with van der Waals surface area (Å²) in [5.74, 6) is 0. The molecular formula is C27H42Cl3N3O2. The van der Waals surface area contributed by atoms with E-state index in [2.05, 4.69) is 51.4 Å². The van der Waals surface area contributed by atoms with Gasteiger partial charge in [-0.25, -0.2) is 0 Å². The lowest BCUT2D eigenvalue weighted by Gasteiger charge is -2.30. The largest absolute Gasteiger partial charge is 1.00 e. The third-order valence-electron chi connectivity index (χ3n) is 5.85. The SMILES string of the molecule is CCCCCCCCCCCC[N+](C)(C)Cc1ccccc1.Nc1c(Cl)cc([N+](=O)[O-])cc1Cl.[Cl-]. The van der Waals surface area contributed by atoms with Gasteiger partial charge in [-0.2, -0.15) is 0 Å². The van der Waals surface area contributed by atoms with Crippen LogP contribution in [0.5, 0.6) is 0 Å². The quantitative estimate of drug-likeness (QED) is 0.109. The molecule has 0 aromatic heterocycles. The summed E-state index contributed by atoms with van der Waals surface area (Å²) in [7, 11) is 4.72. The smallest absolute Gasteiger partial charge is 0.272 e. The highest BCUT2D eigenvalue weighted by molar-refractivity contribution is 6.39. The minimum atomic E-state index is -0.586. The highest BCUT2D eigenvalue weighted by Crippen LogP contribution is 2.31. The van der Waals surface area contributed by atoms with Gasteiger partial charge in [-0.15, -0.1) is 0 Å². The zero-order chi connectivity index (χ0) is 25.4. The molecule has 8 heteroatoms. The molecule has 35 heavy (non-hydrogen) atoms. The lowest BCUT2D eigenvalue weighted by molar-refractivity contribution is -0.903. The number of nitrogens with two attached hydrogens (primary N) is 1. The van der Waals surface area contributed by atoms with Gasteiger partial charge in [0.2, 0.25) is 0 Å². The summed E-state index contributed by atoms with van der Waals surface area (Å²) in [5, 5.41) is 10.4. The highest BCUT2D eigenvalue weighted by atomic mass is 35.5. The second kappa shape index (κ2) is 18.7. The molecule has 2 N–H and O–H groups in total. The Morgan fingerprint density at radius 2 is 1.31 bits per heavy atom. The molecule has 0 aliphatic heterocycles. The number of quaternary nitrogens is 1. The number of anilines is 1. The van der Waals surface area contributed by atoms with Crippen LogP contribution in [0.25, 0.3) is 0 Å². The average Bonchev–Trinajstić information content (AvgIpc) is 2.79. The minimum absolute atomic E-state index is 0. The zero-order valence-electron chi connectivity index (χ0n) is 21.4. The first kappa shape index (κ1) is 33.5. The molecule has 5 nitrogen and oxygen atoms in total. The zero-order valence-corrected chi connectivity index (χ0v) is 23.7. The lowest BCUT2D eigenvalue weighted by Crippen LogP contribution is -3.00. The van der Waals surface area contributed by atoms with Gasteiger partial charge >= 0.3 is 0 Å². The Kier molecular flexibility index (Phi) is 17.9. The van der Waals surface area contributed by atoms with Gasteiger partial charge in [0.15, 0.2) is 0 Å². The maximum absolute atomic E-state index is 10.3. The molecule has 0 aliphatic carbocycles. The predicted molar refractivity (Wildman–Crippen MR) is 146 cm³/mol. The van der Waals surface area contributed by atoms with Crippen molar-refractivity contribution in [2.45, 2.75) is 77.7 Å². The molecule has 0 saturated carbocycles. The molecule has 0 aliphatic rings. The van der Waals surface area contributed by atoms with Crippen LogP contribution in [0.4, 0.5) is 11.4 Å². The fourth-order valence-electron chi connectivity index (χ4n) is 3.86. The van der Waals surface area contributed by atoms with Crippen LogP contribution in [0.15, 0.2) is 42.5 Å². The standard InChI is InChI=1S/C21H38N.C6H4Cl2N2O2.ClH/c1-4-5-6-7-8-9-10-11-12-16-19-22(2,3)20-21-17-14-13-15-18-21;7-4-1-3(10(11)12)2-5(8)6(4)9;/h13-15,17-18H,4-12,16,19-20H2,1-3H3;1-2H,9H2;1H/q+1;;/p-1. The number of hydrogen-bond donors (Lipinski definition) is 1. The molecule has 0 saturated heterocycles. The van der Waals surface area contributed by atoms with E-state index in [1.54, 1.807) is 0 Å². The molecule has 0 amide bonds. The van der Waals surface area contributed by atoms with Crippen LogP contribution in [-0.4, -0.2) is 30.0 Å². The van der Waals surface area contributed by atoms with Gasteiger partial charge in [-0.3, -0.25) is 10.1 Å². The van der Waals surface area contributed by atoms with Crippen molar-refractivity contribution >= 4 is 34.6 Å². The number of nitrogen functional groups attached to an aromatic ring is 1. The lowest BCUT2D eigenvalue weighted by atomic mass is 10.1. The Labute approximate surface area is 228 Å². The van der Waals surface area contributed by atoms with Crippen molar-refractivity contribution in [1.29, 1.82) is 0 Å². The monoisotopic (exact) mass is 545 g/mol. The molecule has 2 aromatic rings. The van der Waals surface area contributed by atoms with Gasteiger partial charge in [0.1, 0.15) is 6.54 Å². The summed E-state index contributed by atoms with van der Waals surface area (Å²) in [6, 6.07) is 13.2. The summed E-state index contributed by atoms with van der Waals surface area (Å²) in [6.07, 6.45) is 14.2. The van der Waals surface area contributed by atoms with Crippen molar-refractivity contribution in [3.8, 4) is 0 Å². The van der Waals surface area contributed by atoms with Crippen LogP contribution in [0, 0.1) is 10.1 Å². The number of nitrogens with zero attached hydrogens (tertiary/aromatic N) is 2. The van der Waals surface area contributed by atoms with Crippen molar-refractivity contribution in [2.75, 3.05) is 26.4 Å². The van der Waals surface area contributed by atoms with Gasteiger partial charge in [0.05, 0.1) is 41.3 Å². The Morgan fingerprint density at radius 3 is 1.77 bits per heavy atom. The number of hydrogen-bond acceptors (Lipinski definition) is 3. The third-order valence-corrected chi connectivity index (χ3v) is 6.47. The molecular weight excluding hydrogens is 505 g/mol. The van der Waals surface area contributed by atoms with Gasteiger partial charge in [-0.1, -0.05) is 112 Å². The summed E-state index contributed by atoms with van der Waals surface area (Å²) in [6.45, 7) is 4.74. The maximum Gasteiger partial charge on any atom is 0.272 e. The Morgan fingerprint density at radius 1 is 0.857 bits per heavy atom. The number of benzene rings is 2. The first-order valence-electron chi connectivity index (χ1n) is 12.4. The molecule has 0 atom stereocenters. The van der Waals surface area contributed by atoms with Crippen molar-refractivity contribution in [2.24, 2.45) is 0 Å². The number of unbranched alkanes of at least 4 members (excludes halogenated alkanes) is 9. The maximum atomic E-state index is 10.3. The van der Waals surface area contributed by atoms with Gasteiger partial charge < -0.3 is 22.6 Å². The summed E-state index contributed by atoms with van der Waals surface area (Å²) in [5.41, 5.74) is 6.81. The van der Waals surface area contributed by atoms with Crippen LogP contribution in [0.1, 0.15) is 76.7 Å². The van der Waals surface area contributed by atoms with E-state index in [-0.39, 0.29) is 33.8 Å². The van der Waals surface area contributed by atoms with Gasteiger partial charge in [0.25, 0.3) is 5.69 Å². The van der Waals surface area contributed by atoms with Crippen molar-refractivity contribution in [3.63, 3.8) is 0 Å². The van der Waals surface area contributed by atoms with Gasteiger partial charge in [-0.05, 0) is 12.8 Å². The second-order valence-electron chi connectivity index (χ2n) is 9.57. The van der Waals surface area contributed by atoms with E-state index >= 15 is 0 Å². The molecule has 2 rings (SSSR count). The van der Waals surface area contributed by atoms with E-state index < -0.39 is 4.92 Å². The van der Waals surface area contributed by atoms with E-state index in [0.29, 0.717) is 0 Å². The third kappa shape index (κ3) is 15.2. The minimum Gasteiger partial charge on any atom is -1.00 e. The van der Waals surface area contributed by atoms with Crippen LogP contribution in [0.3, 0.4) is 0 Å². The molecule has 0 radical (unpaired) electrons. The summed E-state index contributed by atoms with van der Waals surface area (Å²) in [4.78, 5) is 9.68. The average molecular weight is 547 g/mol. The predicted octanol–water partition coefficient (Wildman–Crippen LogP) is 5.67. The summed E-state index contributed by atoms with van der Waals surface area (Å²) < 4.78 is 1.11. The molecule has 0 heterocycles. The molecule has 198 valence electrons. The number of non-ortho nitro benzene ring substituents is 1. The fourth-order valence-corrected chi connectivity index (χ4v) is 4.34. The van der Waals surface area contributed by atoms with Crippen LogP contribution < -0.4 is 18.1 Å². The highest BCUT2D eigenvalue weighted by Gasteiger charge is 2.15. The molecule has 0 spiro atoms. The molecule has 0 fully saturated rings. The number of nitro groups is 1. The normalized spacial score (nSPS) is 10.8.